The van der Waals surface area contributed by atoms with Gasteiger partial charge in [-0.05, 0) is 38.7 Å². The van der Waals surface area contributed by atoms with Crippen molar-refractivity contribution in [3.63, 3.8) is 0 Å². The highest BCUT2D eigenvalue weighted by Gasteiger charge is 2.31. The number of hydrogen-bond acceptors (Lipinski definition) is 4. The number of carbonyl (C=O) groups is 2. The van der Waals surface area contributed by atoms with Gasteiger partial charge in [0.15, 0.2) is 5.78 Å². The van der Waals surface area contributed by atoms with E-state index in [2.05, 4.69) is 11.8 Å². The van der Waals surface area contributed by atoms with Gasteiger partial charge in [-0.15, -0.1) is 0 Å². The number of nitrogens with zero attached hydrogens (tertiary/aromatic N) is 2. The standard InChI is InChI=1S/C20H28N2O3/c1-15(21-11-13-25-14-12-21)17-7-9-22(10-8-17)20(24)19-6-4-3-5-18(19)16(2)23/h3-6,15,17H,7-14H2,1-2H3/t15-/m1/s1. The smallest absolute Gasteiger partial charge is 0.254 e. The average molecular weight is 344 g/mol. The number of ether oxygens (including phenoxy) is 1. The SMILES string of the molecule is CC(=O)c1ccccc1C(=O)N1CCC([C@@H](C)N2CCOCC2)CC1. The lowest BCUT2D eigenvalue weighted by Gasteiger charge is -2.41. The van der Waals surface area contributed by atoms with Crippen molar-refractivity contribution in [2.24, 2.45) is 5.92 Å². The zero-order valence-corrected chi connectivity index (χ0v) is 15.2. The number of amides is 1. The molecule has 1 aromatic carbocycles. The Bertz CT molecular complexity index is 617. The van der Waals surface area contributed by atoms with Gasteiger partial charge in [0, 0.05) is 37.8 Å². The van der Waals surface area contributed by atoms with Crippen molar-refractivity contribution >= 4 is 11.7 Å². The quantitative estimate of drug-likeness (QED) is 0.788. The minimum absolute atomic E-state index is 0.0109. The molecule has 0 unspecified atom stereocenters. The lowest BCUT2D eigenvalue weighted by Crippen LogP contribution is -2.49. The predicted octanol–water partition coefficient (Wildman–Crippen LogP) is 2.46. The fraction of sp³-hybridized carbons (Fsp3) is 0.600. The summed E-state index contributed by atoms with van der Waals surface area (Å²) in [6.45, 7) is 9.02. The molecule has 2 saturated heterocycles. The predicted molar refractivity (Wildman–Crippen MR) is 96.9 cm³/mol. The van der Waals surface area contributed by atoms with Gasteiger partial charge >= 0.3 is 0 Å². The van der Waals surface area contributed by atoms with Crippen LogP contribution in [-0.2, 0) is 4.74 Å². The molecule has 2 fully saturated rings. The van der Waals surface area contributed by atoms with Crippen molar-refractivity contribution in [1.29, 1.82) is 0 Å². The first kappa shape index (κ1) is 18.1. The van der Waals surface area contributed by atoms with Crippen molar-refractivity contribution in [2.45, 2.75) is 32.7 Å². The van der Waals surface area contributed by atoms with Gasteiger partial charge in [0.2, 0.25) is 0 Å². The Kier molecular flexibility index (Phi) is 5.86. The zero-order valence-electron chi connectivity index (χ0n) is 15.2. The number of likely N-dealkylation sites (tertiary alicyclic amines) is 1. The van der Waals surface area contributed by atoms with E-state index in [1.54, 1.807) is 12.1 Å². The molecule has 0 radical (unpaired) electrons. The number of Topliss-reactive ketones (excluding diaryl/α,β-unsaturated/α-hetero) is 1. The van der Waals surface area contributed by atoms with Crippen molar-refractivity contribution in [3.8, 4) is 0 Å². The van der Waals surface area contributed by atoms with Crippen molar-refractivity contribution in [2.75, 3.05) is 39.4 Å². The molecule has 2 aliphatic rings. The topological polar surface area (TPSA) is 49.9 Å². The summed E-state index contributed by atoms with van der Waals surface area (Å²) in [5.74, 6) is 0.549. The van der Waals surface area contributed by atoms with Crippen molar-refractivity contribution < 1.29 is 14.3 Å². The van der Waals surface area contributed by atoms with Crippen LogP contribution in [0.3, 0.4) is 0 Å². The summed E-state index contributed by atoms with van der Waals surface area (Å²) in [5, 5.41) is 0. The fourth-order valence-corrected chi connectivity index (χ4v) is 4.01. The number of benzene rings is 1. The number of morpholine rings is 1. The van der Waals surface area contributed by atoms with E-state index < -0.39 is 0 Å². The Hall–Kier alpha value is -1.72. The summed E-state index contributed by atoms with van der Waals surface area (Å²) < 4.78 is 5.44. The van der Waals surface area contributed by atoms with Gasteiger partial charge in [0.1, 0.15) is 0 Å². The third kappa shape index (κ3) is 4.10. The third-order valence-corrected chi connectivity index (χ3v) is 5.67. The molecule has 1 atom stereocenters. The lowest BCUT2D eigenvalue weighted by atomic mass is 9.88. The average Bonchev–Trinajstić information content (AvgIpc) is 2.67. The number of ketones is 1. The first-order chi connectivity index (χ1) is 12.1. The Morgan fingerprint density at radius 2 is 1.64 bits per heavy atom. The van der Waals surface area contributed by atoms with Crippen LogP contribution in [0.2, 0.25) is 0 Å². The van der Waals surface area contributed by atoms with Gasteiger partial charge in [0.05, 0.1) is 18.8 Å². The zero-order chi connectivity index (χ0) is 17.8. The maximum Gasteiger partial charge on any atom is 0.254 e. The number of piperidine rings is 1. The molecule has 5 nitrogen and oxygen atoms in total. The summed E-state index contributed by atoms with van der Waals surface area (Å²) in [7, 11) is 0. The Morgan fingerprint density at radius 3 is 2.24 bits per heavy atom. The molecule has 1 amide bonds. The molecular weight excluding hydrogens is 316 g/mol. The van der Waals surface area contributed by atoms with Gasteiger partial charge < -0.3 is 9.64 Å². The van der Waals surface area contributed by atoms with E-state index in [0.29, 0.717) is 23.1 Å². The minimum Gasteiger partial charge on any atom is -0.379 e. The fourth-order valence-electron chi connectivity index (χ4n) is 4.01. The summed E-state index contributed by atoms with van der Waals surface area (Å²) >= 11 is 0. The van der Waals surface area contributed by atoms with Crippen LogP contribution >= 0.6 is 0 Å². The largest absolute Gasteiger partial charge is 0.379 e. The van der Waals surface area contributed by atoms with Gasteiger partial charge in [-0.2, -0.15) is 0 Å². The third-order valence-electron chi connectivity index (χ3n) is 5.67. The Morgan fingerprint density at radius 1 is 1.04 bits per heavy atom. The maximum atomic E-state index is 12.8. The van der Waals surface area contributed by atoms with Crippen LogP contribution in [0.25, 0.3) is 0 Å². The van der Waals surface area contributed by atoms with Gasteiger partial charge in [0.25, 0.3) is 5.91 Å². The minimum atomic E-state index is -0.0558. The van der Waals surface area contributed by atoms with E-state index in [1.807, 2.05) is 17.0 Å². The van der Waals surface area contributed by atoms with Crippen molar-refractivity contribution in [1.82, 2.24) is 9.80 Å². The van der Waals surface area contributed by atoms with E-state index in [-0.39, 0.29) is 11.7 Å². The lowest BCUT2D eigenvalue weighted by molar-refractivity contribution is -0.000960. The number of carbonyl (C=O) groups excluding carboxylic acids is 2. The molecule has 3 rings (SSSR count). The summed E-state index contributed by atoms with van der Waals surface area (Å²) in [6.07, 6.45) is 2.04. The normalized spacial score (nSPS) is 21.1. The van der Waals surface area contributed by atoms with Gasteiger partial charge in [-0.25, -0.2) is 0 Å². The first-order valence-corrected chi connectivity index (χ1v) is 9.29. The van der Waals surface area contributed by atoms with E-state index in [9.17, 15) is 9.59 Å². The monoisotopic (exact) mass is 344 g/mol. The molecule has 0 aromatic heterocycles. The first-order valence-electron chi connectivity index (χ1n) is 9.29. The molecule has 2 aliphatic heterocycles. The van der Waals surface area contributed by atoms with E-state index in [4.69, 9.17) is 4.74 Å². The Labute approximate surface area is 149 Å². The second kappa shape index (κ2) is 8.11. The molecule has 0 spiro atoms. The van der Waals surface area contributed by atoms with Gasteiger partial charge in [-0.3, -0.25) is 14.5 Å². The number of hydrogen-bond donors (Lipinski definition) is 0. The second-order valence-electron chi connectivity index (χ2n) is 7.12. The molecular formula is C20H28N2O3. The highest BCUT2D eigenvalue weighted by molar-refractivity contribution is 6.07. The van der Waals surface area contributed by atoms with Crippen LogP contribution in [0, 0.1) is 5.92 Å². The highest BCUT2D eigenvalue weighted by atomic mass is 16.5. The molecule has 136 valence electrons. The van der Waals surface area contributed by atoms with Crippen LogP contribution < -0.4 is 0 Å². The van der Waals surface area contributed by atoms with Gasteiger partial charge in [-0.1, -0.05) is 18.2 Å². The highest BCUT2D eigenvalue weighted by Crippen LogP contribution is 2.26. The molecule has 0 bridgehead atoms. The van der Waals surface area contributed by atoms with E-state index in [1.165, 1.54) is 6.92 Å². The van der Waals surface area contributed by atoms with Crippen molar-refractivity contribution in [3.05, 3.63) is 35.4 Å². The molecule has 0 N–H and O–H groups in total. The van der Waals surface area contributed by atoms with Crippen LogP contribution in [0.15, 0.2) is 24.3 Å². The number of rotatable bonds is 4. The van der Waals surface area contributed by atoms with Crippen LogP contribution in [0.5, 0.6) is 0 Å². The second-order valence-corrected chi connectivity index (χ2v) is 7.12. The van der Waals surface area contributed by atoms with Crippen LogP contribution in [0.1, 0.15) is 47.4 Å². The summed E-state index contributed by atoms with van der Waals surface area (Å²) in [4.78, 5) is 29.1. The molecule has 1 aromatic rings. The Balaban J connectivity index is 1.60. The van der Waals surface area contributed by atoms with E-state index >= 15 is 0 Å². The summed E-state index contributed by atoms with van der Waals surface area (Å²) in [5.41, 5.74) is 1.06. The molecule has 0 aliphatic carbocycles. The maximum absolute atomic E-state index is 12.8. The summed E-state index contributed by atoms with van der Waals surface area (Å²) in [6, 6.07) is 7.67. The molecule has 2 heterocycles. The van der Waals surface area contributed by atoms with Crippen LogP contribution in [-0.4, -0.2) is 66.9 Å². The van der Waals surface area contributed by atoms with Crippen LogP contribution in [0.4, 0.5) is 0 Å². The molecule has 5 heteroatoms. The molecule has 25 heavy (non-hydrogen) atoms. The van der Waals surface area contributed by atoms with E-state index in [0.717, 1.165) is 52.2 Å². The molecule has 0 saturated carbocycles.